The number of methoxy groups -OCH3 is 1. The molecule has 0 spiro atoms. The van der Waals surface area contributed by atoms with E-state index < -0.39 is 22.9 Å². The van der Waals surface area contributed by atoms with Crippen LogP contribution in [0.25, 0.3) is 0 Å². The zero-order chi connectivity index (χ0) is 18.9. The summed E-state index contributed by atoms with van der Waals surface area (Å²) < 4.78 is 10.4. The molecule has 0 aliphatic carbocycles. The predicted octanol–water partition coefficient (Wildman–Crippen LogP) is 0.938. The number of amides is 1. The van der Waals surface area contributed by atoms with E-state index in [-0.39, 0.29) is 25.3 Å². The Labute approximate surface area is 152 Å². The van der Waals surface area contributed by atoms with Gasteiger partial charge in [0.05, 0.1) is 31.8 Å². The fraction of sp³-hybridized carbons (Fsp3) is 0.579. The number of piperidine rings is 1. The van der Waals surface area contributed by atoms with Crippen LogP contribution in [0, 0.1) is 10.8 Å². The number of aliphatic carboxylic acids is 1. The maximum absolute atomic E-state index is 12.8. The number of hydrogen-bond donors (Lipinski definition) is 2. The zero-order valence-corrected chi connectivity index (χ0v) is 15.1. The Hall–Kier alpha value is -2.12. The lowest BCUT2D eigenvalue weighted by Gasteiger charge is -2.47. The summed E-state index contributed by atoms with van der Waals surface area (Å²) in [6, 6.07) is 7.14. The van der Waals surface area contributed by atoms with Gasteiger partial charge in [-0.15, -0.1) is 0 Å². The SMILES string of the molecule is COc1cccc(C[C@@]2(C(=O)O)CN(C(=O)C3(C)COC3)CC[C@H]2O)c1. The number of likely N-dealkylation sites (tertiary alicyclic amines) is 1. The number of hydrogen-bond acceptors (Lipinski definition) is 5. The van der Waals surface area contributed by atoms with Crippen molar-refractivity contribution in [3.8, 4) is 5.75 Å². The molecule has 2 N–H and O–H groups in total. The summed E-state index contributed by atoms with van der Waals surface area (Å²) in [5.74, 6) is -0.576. The van der Waals surface area contributed by atoms with Gasteiger partial charge in [-0.2, -0.15) is 0 Å². The number of benzene rings is 1. The largest absolute Gasteiger partial charge is 0.497 e. The maximum Gasteiger partial charge on any atom is 0.314 e. The number of carboxylic acids is 1. The van der Waals surface area contributed by atoms with Crippen LogP contribution in [0.4, 0.5) is 0 Å². The molecule has 0 bridgehead atoms. The second-order valence-corrected chi connectivity index (χ2v) is 7.57. The standard InChI is InChI=1S/C19H25NO6/c1-18(11-26-12-18)16(22)20-7-6-15(21)19(10-20,17(23)24)9-13-4-3-5-14(8-13)25-2/h3-5,8,15,21H,6-7,9-12H2,1-2H3,(H,23,24)/t15-,19-/m1/s1. The number of carbonyl (C=O) groups excluding carboxylic acids is 1. The molecule has 2 atom stereocenters. The van der Waals surface area contributed by atoms with Crippen LogP contribution in [0.5, 0.6) is 5.75 Å². The molecule has 2 fully saturated rings. The van der Waals surface area contributed by atoms with Crippen molar-refractivity contribution in [2.75, 3.05) is 33.4 Å². The molecule has 3 rings (SSSR count). The van der Waals surface area contributed by atoms with Gasteiger partial charge >= 0.3 is 5.97 Å². The van der Waals surface area contributed by atoms with Crippen molar-refractivity contribution in [3.05, 3.63) is 29.8 Å². The zero-order valence-electron chi connectivity index (χ0n) is 15.1. The van der Waals surface area contributed by atoms with Gasteiger partial charge in [-0.3, -0.25) is 9.59 Å². The molecule has 26 heavy (non-hydrogen) atoms. The lowest BCUT2D eigenvalue weighted by molar-refractivity contribution is -0.180. The fourth-order valence-electron chi connectivity index (χ4n) is 3.77. The molecular weight excluding hydrogens is 338 g/mol. The first-order valence-corrected chi connectivity index (χ1v) is 8.72. The Kier molecular flexibility index (Phi) is 4.94. The molecule has 0 aromatic heterocycles. The molecule has 2 aliphatic heterocycles. The highest BCUT2D eigenvalue weighted by Crippen LogP contribution is 2.38. The van der Waals surface area contributed by atoms with Crippen molar-refractivity contribution in [2.24, 2.45) is 10.8 Å². The third-order valence-corrected chi connectivity index (χ3v) is 5.51. The van der Waals surface area contributed by atoms with Crippen molar-refractivity contribution >= 4 is 11.9 Å². The molecule has 1 aromatic rings. The van der Waals surface area contributed by atoms with E-state index in [1.165, 1.54) is 0 Å². The van der Waals surface area contributed by atoms with Crippen molar-refractivity contribution in [1.82, 2.24) is 4.90 Å². The van der Waals surface area contributed by atoms with Gasteiger partial charge in [0.1, 0.15) is 11.2 Å². The quantitative estimate of drug-likeness (QED) is 0.808. The van der Waals surface area contributed by atoms with Crippen LogP contribution < -0.4 is 4.74 Å². The lowest BCUT2D eigenvalue weighted by Crippen LogP contribution is -2.62. The van der Waals surface area contributed by atoms with Gasteiger partial charge in [0, 0.05) is 13.1 Å². The molecule has 0 radical (unpaired) electrons. The molecular formula is C19H25NO6. The van der Waals surface area contributed by atoms with Crippen molar-refractivity contribution in [2.45, 2.75) is 25.9 Å². The van der Waals surface area contributed by atoms with Crippen LogP contribution >= 0.6 is 0 Å². The summed E-state index contributed by atoms with van der Waals surface area (Å²) in [4.78, 5) is 26.6. The third-order valence-electron chi connectivity index (χ3n) is 5.51. The van der Waals surface area contributed by atoms with Crippen molar-refractivity contribution < 1.29 is 29.3 Å². The molecule has 7 heteroatoms. The van der Waals surface area contributed by atoms with Gasteiger partial charge in [-0.05, 0) is 37.5 Å². The van der Waals surface area contributed by atoms with Crippen molar-refractivity contribution in [3.63, 3.8) is 0 Å². The summed E-state index contributed by atoms with van der Waals surface area (Å²) in [6.07, 6.45) is -0.669. The molecule has 2 saturated heterocycles. The molecule has 142 valence electrons. The van der Waals surface area contributed by atoms with E-state index in [4.69, 9.17) is 9.47 Å². The topological polar surface area (TPSA) is 96.3 Å². The minimum Gasteiger partial charge on any atom is -0.497 e. The van der Waals surface area contributed by atoms with Crippen LogP contribution in [0.2, 0.25) is 0 Å². The average Bonchev–Trinajstić information content (AvgIpc) is 2.61. The highest BCUT2D eigenvalue weighted by molar-refractivity contribution is 5.85. The van der Waals surface area contributed by atoms with Crippen LogP contribution in [0.15, 0.2) is 24.3 Å². The number of nitrogens with zero attached hydrogens (tertiary/aromatic N) is 1. The van der Waals surface area contributed by atoms with E-state index in [2.05, 4.69) is 0 Å². The van der Waals surface area contributed by atoms with Crippen LogP contribution in [0.1, 0.15) is 18.9 Å². The number of aliphatic hydroxyl groups is 1. The number of aliphatic hydroxyl groups excluding tert-OH is 1. The predicted molar refractivity (Wildman–Crippen MR) is 92.9 cm³/mol. The number of carbonyl (C=O) groups is 2. The Morgan fingerprint density at radius 2 is 2.12 bits per heavy atom. The van der Waals surface area contributed by atoms with Gasteiger partial charge in [-0.25, -0.2) is 0 Å². The Balaban J connectivity index is 1.87. The normalized spacial score (nSPS) is 27.5. The third kappa shape index (κ3) is 3.17. The Morgan fingerprint density at radius 3 is 2.69 bits per heavy atom. The van der Waals surface area contributed by atoms with E-state index in [1.54, 1.807) is 30.2 Å². The van der Waals surface area contributed by atoms with Gasteiger partial charge < -0.3 is 24.6 Å². The lowest BCUT2D eigenvalue weighted by atomic mass is 9.72. The first-order chi connectivity index (χ1) is 12.3. The highest BCUT2D eigenvalue weighted by atomic mass is 16.5. The monoisotopic (exact) mass is 363 g/mol. The summed E-state index contributed by atoms with van der Waals surface area (Å²) in [5.41, 5.74) is -1.29. The minimum atomic E-state index is -1.44. The van der Waals surface area contributed by atoms with Crippen LogP contribution in [-0.4, -0.2) is 66.5 Å². The molecule has 1 amide bonds. The molecule has 2 aliphatic rings. The van der Waals surface area contributed by atoms with E-state index in [0.29, 0.717) is 25.5 Å². The fourth-order valence-corrected chi connectivity index (χ4v) is 3.77. The van der Waals surface area contributed by atoms with Gasteiger partial charge in [0.2, 0.25) is 5.91 Å². The van der Waals surface area contributed by atoms with Gasteiger partial charge in [0.15, 0.2) is 0 Å². The second kappa shape index (κ2) is 6.89. The molecule has 2 heterocycles. The van der Waals surface area contributed by atoms with Crippen LogP contribution in [0.3, 0.4) is 0 Å². The summed E-state index contributed by atoms with van der Waals surface area (Å²) in [7, 11) is 1.54. The summed E-state index contributed by atoms with van der Waals surface area (Å²) in [6.45, 7) is 2.86. The second-order valence-electron chi connectivity index (χ2n) is 7.57. The van der Waals surface area contributed by atoms with Gasteiger partial charge in [0.25, 0.3) is 0 Å². The molecule has 7 nitrogen and oxygen atoms in total. The molecule has 0 unspecified atom stereocenters. The Bertz CT molecular complexity index is 701. The Morgan fingerprint density at radius 1 is 1.38 bits per heavy atom. The smallest absolute Gasteiger partial charge is 0.314 e. The maximum atomic E-state index is 12.8. The first kappa shape index (κ1) is 18.7. The number of rotatable bonds is 5. The van der Waals surface area contributed by atoms with Crippen molar-refractivity contribution in [1.29, 1.82) is 0 Å². The molecule has 0 saturated carbocycles. The average molecular weight is 363 g/mol. The van der Waals surface area contributed by atoms with Crippen LogP contribution in [-0.2, 0) is 20.7 Å². The highest BCUT2D eigenvalue weighted by Gasteiger charge is 2.53. The number of carboxylic acid groups (broad SMARTS) is 1. The number of ether oxygens (including phenoxy) is 2. The van der Waals surface area contributed by atoms with Gasteiger partial charge in [-0.1, -0.05) is 12.1 Å². The van der Waals surface area contributed by atoms with E-state index in [1.807, 2.05) is 13.0 Å². The summed E-state index contributed by atoms with van der Waals surface area (Å²) >= 11 is 0. The molecule has 1 aromatic carbocycles. The minimum absolute atomic E-state index is 0.0187. The van der Waals surface area contributed by atoms with E-state index >= 15 is 0 Å². The van der Waals surface area contributed by atoms with E-state index in [0.717, 1.165) is 5.56 Å². The van der Waals surface area contributed by atoms with E-state index in [9.17, 15) is 19.8 Å². The summed E-state index contributed by atoms with van der Waals surface area (Å²) in [5, 5.41) is 20.5. The first-order valence-electron chi connectivity index (χ1n) is 8.72.